The monoisotopic (exact) mass is 442 g/mol. The van der Waals surface area contributed by atoms with Gasteiger partial charge in [-0.1, -0.05) is 0 Å². The Morgan fingerprint density at radius 3 is 1.32 bits per heavy atom. The van der Waals surface area contributed by atoms with Gasteiger partial charge >= 0.3 is 5.97 Å². The number of hydrogen-bond donors (Lipinski definition) is 1. The molecule has 0 aliphatic rings. The van der Waals surface area contributed by atoms with Crippen molar-refractivity contribution in [1.29, 1.82) is 0 Å². The molecule has 0 radical (unpaired) electrons. The first-order chi connectivity index (χ1) is 14.6. The lowest BCUT2D eigenvalue weighted by Gasteiger charge is -2.12. The summed E-state index contributed by atoms with van der Waals surface area (Å²) < 4.78 is 89.9. The highest BCUT2D eigenvalue weighted by molar-refractivity contribution is 5.88. The summed E-state index contributed by atoms with van der Waals surface area (Å²) in [5, 5.41) is 9.22. The van der Waals surface area contributed by atoms with E-state index >= 15 is 0 Å². The lowest BCUT2D eigenvalue weighted by atomic mass is 10.2. The summed E-state index contributed by atoms with van der Waals surface area (Å²) in [4.78, 5) is 11.3. The van der Waals surface area contributed by atoms with Crippen LogP contribution in [0.4, 0.5) is 26.3 Å². The highest BCUT2D eigenvalue weighted by atomic mass is 19.2. The molecule has 0 spiro atoms. The van der Waals surface area contributed by atoms with Gasteiger partial charge in [0.15, 0.2) is 34.9 Å². The van der Waals surface area contributed by atoms with E-state index in [2.05, 4.69) is 0 Å². The quantitative estimate of drug-likeness (QED) is 0.395. The predicted octanol–water partition coefficient (Wildman–Crippen LogP) is 5.38. The molecule has 0 amide bonds. The fourth-order valence-corrected chi connectivity index (χ4v) is 2.58. The summed E-state index contributed by atoms with van der Waals surface area (Å²) in [6, 6.07) is 6.29. The number of benzene rings is 3. The average molecular weight is 442 g/mol. The molecule has 0 fully saturated rings. The molecule has 3 rings (SSSR count). The van der Waals surface area contributed by atoms with Gasteiger partial charge in [0.1, 0.15) is 24.7 Å². The van der Waals surface area contributed by atoms with Crippen LogP contribution in [0, 0.1) is 34.9 Å². The fraction of sp³-hybridized carbons (Fsp3) is 0.0952. The fourth-order valence-electron chi connectivity index (χ4n) is 2.58. The van der Waals surface area contributed by atoms with E-state index in [9.17, 15) is 36.2 Å². The van der Waals surface area contributed by atoms with Gasteiger partial charge in [0.25, 0.3) is 0 Å². The van der Waals surface area contributed by atoms with Crippen LogP contribution in [-0.4, -0.2) is 11.1 Å². The van der Waals surface area contributed by atoms with E-state index in [-0.39, 0.29) is 28.2 Å². The molecule has 31 heavy (non-hydrogen) atoms. The molecule has 0 bridgehead atoms. The number of carbonyl (C=O) groups is 1. The van der Waals surface area contributed by atoms with Crippen molar-refractivity contribution >= 4 is 5.97 Å². The number of carboxylic acids is 1. The smallest absolute Gasteiger partial charge is 0.335 e. The minimum absolute atomic E-state index is 0.0585. The predicted molar refractivity (Wildman–Crippen MR) is 94.7 cm³/mol. The highest BCUT2D eigenvalue weighted by Gasteiger charge is 2.14. The molecule has 0 aliphatic heterocycles. The number of ether oxygens (including phenoxy) is 2. The van der Waals surface area contributed by atoms with Crippen LogP contribution in [0.1, 0.15) is 21.5 Å². The van der Waals surface area contributed by atoms with Crippen molar-refractivity contribution in [3.63, 3.8) is 0 Å². The van der Waals surface area contributed by atoms with Crippen molar-refractivity contribution in [2.24, 2.45) is 0 Å². The van der Waals surface area contributed by atoms with Crippen LogP contribution in [-0.2, 0) is 13.2 Å². The summed E-state index contributed by atoms with van der Waals surface area (Å²) in [5.74, 6) is -10.4. The van der Waals surface area contributed by atoms with Crippen molar-refractivity contribution < 1.29 is 45.7 Å². The number of rotatable bonds is 7. The van der Waals surface area contributed by atoms with Crippen molar-refractivity contribution in [3.8, 4) is 11.5 Å². The standard InChI is InChI=1S/C21H12F6O4/c22-15-1-10(2-16(23)19(15)26)8-30-13-5-12(21(28)29)6-14(7-13)31-9-11-3-17(24)20(27)18(25)4-11/h1-7H,8-9H2,(H,28,29). The van der Waals surface area contributed by atoms with Gasteiger partial charge in [-0.15, -0.1) is 0 Å². The van der Waals surface area contributed by atoms with Crippen LogP contribution in [0.15, 0.2) is 42.5 Å². The second kappa shape index (κ2) is 8.99. The summed E-state index contributed by atoms with van der Waals surface area (Å²) in [6.07, 6.45) is 0. The van der Waals surface area contributed by atoms with Gasteiger partial charge < -0.3 is 14.6 Å². The molecule has 0 saturated carbocycles. The Morgan fingerprint density at radius 1 is 0.645 bits per heavy atom. The molecular formula is C21H12F6O4. The SMILES string of the molecule is O=C(O)c1cc(OCc2cc(F)c(F)c(F)c2)cc(OCc2cc(F)c(F)c(F)c2)c1. The van der Waals surface area contributed by atoms with Crippen molar-refractivity contribution in [2.45, 2.75) is 13.2 Å². The summed E-state index contributed by atoms with van der Waals surface area (Å²) in [7, 11) is 0. The summed E-state index contributed by atoms with van der Waals surface area (Å²) in [6.45, 7) is -0.851. The highest BCUT2D eigenvalue weighted by Crippen LogP contribution is 2.26. The summed E-state index contributed by atoms with van der Waals surface area (Å²) >= 11 is 0. The minimum Gasteiger partial charge on any atom is -0.489 e. The topological polar surface area (TPSA) is 55.8 Å². The Labute approximate surface area is 171 Å². The first-order valence-corrected chi connectivity index (χ1v) is 8.55. The van der Waals surface area contributed by atoms with Crippen LogP contribution < -0.4 is 9.47 Å². The lowest BCUT2D eigenvalue weighted by Crippen LogP contribution is -2.04. The van der Waals surface area contributed by atoms with Gasteiger partial charge in [-0.05, 0) is 47.5 Å². The average Bonchev–Trinajstić information content (AvgIpc) is 2.72. The minimum atomic E-state index is -1.64. The first kappa shape index (κ1) is 22.0. The Hall–Kier alpha value is -3.69. The maximum absolute atomic E-state index is 13.3. The number of hydrogen-bond acceptors (Lipinski definition) is 3. The molecular weight excluding hydrogens is 430 g/mol. The number of aromatic carboxylic acids is 1. The third-order valence-corrected chi connectivity index (χ3v) is 4.03. The lowest BCUT2D eigenvalue weighted by molar-refractivity contribution is 0.0695. The van der Waals surface area contributed by atoms with Gasteiger partial charge in [0.05, 0.1) is 5.56 Å². The van der Waals surface area contributed by atoms with E-state index in [1.54, 1.807) is 0 Å². The zero-order valence-corrected chi connectivity index (χ0v) is 15.4. The molecule has 0 saturated heterocycles. The van der Waals surface area contributed by atoms with Gasteiger partial charge in [0, 0.05) is 6.07 Å². The third-order valence-electron chi connectivity index (χ3n) is 4.03. The first-order valence-electron chi connectivity index (χ1n) is 8.55. The Bertz CT molecular complexity index is 1020. The third kappa shape index (κ3) is 5.27. The van der Waals surface area contributed by atoms with Crippen LogP contribution in [0.25, 0.3) is 0 Å². The number of halogens is 6. The molecule has 0 heterocycles. The molecule has 10 heteroatoms. The maximum atomic E-state index is 13.3. The normalized spacial score (nSPS) is 10.8. The molecule has 0 aliphatic carbocycles. The molecule has 0 unspecified atom stereocenters. The Morgan fingerprint density at radius 2 is 1.00 bits per heavy atom. The maximum Gasteiger partial charge on any atom is 0.335 e. The van der Waals surface area contributed by atoms with E-state index < -0.39 is 54.1 Å². The van der Waals surface area contributed by atoms with E-state index in [1.807, 2.05) is 0 Å². The van der Waals surface area contributed by atoms with Gasteiger partial charge in [-0.3, -0.25) is 0 Å². The van der Waals surface area contributed by atoms with Gasteiger partial charge in [-0.2, -0.15) is 0 Å². The summed E-state index contributed by atoms with van der Waals surface area (Å²) in [5.41, 5.74) is -0.394. The molecule has 3 aromatic carbocycles. The van der Waals surface area contributed by atoms with Crippen LogP contribution in [0.3, 0.4) is 0 Å². The van der Waals surface area contributed by atoms with Gasteiger partial charge in [-0.25, -0.2) is 31.1 Å². The largest absolute Gasteiger partial charge is 0.489 e. The molecule has 162 valence electrons. The van der Waals surface area contributed by atoms with Gasteiger partial charge in [0.2, 0.25) is 0 Å². The van der Waals surface area contributed by atoms with E-state index in [4.69, 9.17) is 9.47 Å². The van der Waals surface area contributed by atoms with Crippen molar-refractivity contribution in [2.75, 3.05) is 0 Å². The second-order valence-corrected chi connectivity index (χ2v) is 6.32. The van der Waals surface area contributed by atoms with Crippen molar-refractivity contribution in [3.05, 3.63) is 94.1 Å². The second-order valence-electron chi connectivity index (χ2n) is 6.32. The van der Waals surface area contributed by atoms with E-state index in [0.717, 1.165) is 12.1 Å². The molecule has 4 nitrogen and oxygen atoms in total. The Kier molecular flexibility index (Phi) is 6.38. The van der Waals surface area contributed by atoms with Crippen LogP contribution >= 0.6 is 0 Å². The molecule has 1 N–H and O–H groups in total. The zero-order chi connectivity index (χ0) is 22.7. The molecule has 3 aromatic rings. The van der Waals surface area contributed by atoms with E-state index in [1.165, 1.54) is 6.07 Å². The van der Waals surface area contributed by atoms with E-state index in [0.29, 0.717) is 24.3 Å². The zero-order valence-electron chi connectivity index (χ0n) is 15.4. The Balaban J connectivity index is 1.78. The van der Waals surface area contributed by atoms with Crippen molar-refractivity contribution in [1.82, 2.24) is 0 Å². The number of carboxylic acid groups (broad SMARTS) is 1. The van der Waals surface area contributed by atoms with Crippen LogP contribution in [0.5, 0.6) is 11.5 Å². The molecule has 0 atom stereocenters. The van der Waals surface area contributed by atoms with Crippen LogP contribution in [0.2, 0.25) is 0 Å². The molecule has 0 aromatic heterocycles.